The maximum absolute atomic E-state index is 11.9. The third-order valence-electron chi connectivity index (χ3n) is 2.74. The highest BCUT2D eigenvalue weighted by atomic mass is 32.2. The minimum atomic E-state index is -0.255. The molecule has 0 saturated carbocycles. The molecule has 1 unspecified atom stereocenters. The van der Waals surface area contributed by atoms with Crippen LogP contribution in [0.2, 0.25) is 0 Å². The molecule has 0 radical (unpaired) electrons. The summed E-state index contributed by atoms with van der Waals surface area (Å²) in [6.45, 7) is 10.1. The van der Waals surface area contributed by atoms with Gasteiger partial charge < -0.3 is 9.64 Å². The molecule has 1 aliphatic rings. The predicted octanol–water partition coefficient (Wildman–Crippen LogP) is 3.09. The van der Waals surface area contributed by atoms with Crippen LogP contribution in [0.5, 0.6) is 0 Å². The fourth-order valence-corrected chi connectivity index (χ4v) is 5.93. The van der Waals surface area contributed by atoms with Crippen molar-refractivity contribution in [1.82, 2.24) is 4.90 Å². The molecule has 106 valence electrons. The molecule has 1 rings (SSSR count). The molecule has 0 aromatic rings. The summed E-state index contributed by atoms with van der Waals surface area (Å²) in [4.78, 5) is 13.6. The van der Waals surface area contributed by atoms with Gasteiger partial charge in [-0.15, -0.1) is 18.2 Å². The molecule has 0 aliphatic carbocycles. The van der Waals surface area contributed by atoms with Gasteiger partial charge in [0.1, 0.15) is 12.0 Å². The largest absolute Gasteiger partial charge is 0.465 e. The molecule has 19 heavy (non-hydrogen) atoms. The van der Waals surface area contributed by atoms with Crippen molar-refractivity contribution in [3.63, 3.8) is 0 Å². The molecule has 0 bridgehead atoms. The lowest BCUT2D eigenvalue weighted by molar-refractivity contribution is -0.131. The van der Waals surface area contributed by atoms with Crippen molar-refractivity contribution in [1.29, 1.82) is 0 Å². The Hall–Kier alpha value is -0.380. The SMILES string of the molecule is C#CCOC(=S)SC1N(C(C)=O)C(C)(C)SC1(C)C. The molecule has 0 spiro atoms. The highest BCUT2D eigenvalue weighted by Crippen LogP contribution is 2.54. The van der Waals surface area contributed by atoms with Gasteiger partial charge in [-0.05, 0) is 51.7 Å². The molecule has 1 saturated heterocycles. The zero-order chi connectivity index (χ0) is 14.8. The van der Waals surface area contributed by atoms with Crippen molar-refractivity contribution in [2.24, 2.45) is 0 Å². The first-order chi connectivity index (χ1) is 8.62. The summed E-state index contributed by atoms with van der Waals surface area (Å²) in [6.07, 6.45) is 5.14. The summed E-state index contributed by atoms with van der Waals surface area (Å²) < 4.78 is 5.54. The van der Waals surface area contributed by atoms with E-state index in [4.69, 9.17) is 23.4 Å². The average molecular weight is 318 g/mol. The Morgan fingerprint density at radius 2 is 2.11 bits per heavy atom. The summed E-state index contributed by atoms with van der Waals surface area (Å²) in [7, 11) is 0. The summed E-state index contributed by atoms with van der Waals surface area (Å²) in [5.74, 6) is 2.43. The van der Waals surface area contributed by atoms with Gasteiger partial charge in [-0.25, -0.2) is 0 Å². The number of ether oxygens (including phenoxy) is 1. The van der Waals surface area contributed by atoms with Gasteiger partial charge in [-0.3, -0.25) is 4.79 Å². The number of amides is 1. The number of rotatable bonds is 2. The van der Waals surface area contributed by atoms with Crippen molar-refractivity contribution in [2.75, 3.05) is 6.61 Å². The van der Waals surface area contributed by atoms with Gasteiger partial charge in [0, 0.05) is 11.7 Å². The fraction of sp³-hybridized carbons (Fsp3) is 0.692. The Bertz CT molecular complexity index is 426. The lowest BCUT2D eigenvalue weighted by atomic mass is 10.1. The molecule has 1 heterocycles. The number of nitrogens with zero attached hydrogens (tertiary/aromatic N) is 1. The maximum Gasteiger partial charge on any atom is 0.223 e. The second kappa shape index (κ2) is 5.94. The molecular weight excluding hydrogens is 298 g/mol. The molecule has 0 aromatic heterocycles. The monoisotopic (exact) mass is 317 g/mol. The van der Waals surface area contributed by atoms with E-state index < -0.39 is 0 Å². The Balaban J connectivity index is 2.92. The minimum absolute atomic E-state index is 0.0420. The van der Waals surface area contributed by atoms with Crippen molar-refractivity contribution in [3.05, 3.63) is 0 Å². The van der Waals surface area contributed by atoms with Gasteiger partial charge in [0.2, 0.25) is 10.3 Å². The van der Waals surface area contributed by atoms with E-state index in [9.17, 15) is 4.79 Å². The van der Waals surface area contributed by atoms with E-state index in [1.807, 2.05) is 18.7 Å². The standard InChI is InChI=1S/C13H19NO2S3/c1-7-8-16-11(17)18-10-12(3,4)19-13(5,6)14(10)9(2)15/h1,10H,8H2,2-6H3. The quantitative estimate of drug-likeness (QED) is 0.577. The van der Waals surface area contributed by atoms with Crippen molar-refractivity contribution in [3.8, 4) is 12.3 Å². The first-order valence-electron chi connectivity index (χ1n) is 5.89. The summed E-state index contributed by atoms with van der Waals surface area (Å²) >= 11 is 8.33. The van der Waals surface area contributed by atoms with Crippen LogP contribution in [-0.2, 0) is 9.53 Å². The smallest absolute Gasteiger partial charge is 0.223 e. The van der Waals surface area contributed by atoms with Crippen molar-refractivity contribution in [2.45, 2.75) is 49.6 Å². The lowest BCUT2D eigenvalue weighted by Crippen LogP contribution is -2.47. The van der Waals surface area contributed by atoms with Crippen LogP contribution < -0.4 is 0 Å². The van der Waals surface area contributed by atoms with Gasteiger partial charge >= 0.3 is 0 Å². The van der Waals surface area contributed by atoms with Crippen LogP contribution in [0.15, 0.2) is 0 Å². The second-order valence-corrected chi connectivity index (χ2v) is 9.19. The third-order valence-corrected chi connectivity index (χ3v) is 6.08. The highest BCUT2D eigenvalue weighted by Gasteiger charge is 2.53. The van der Waals surface area contributed by atoms with Crippen molar-refractivity contribution >= 4 is 46.0 Å². The van der Waals surface area contributed by atoms with E-state index in [0.29, 0.717) is 4.38 Å². The number of hydrogen-bond acceptors (Lipinski definition) is 5. The number of hydrogen-bond donors (Lipinski definition) is 0. The Kier molecular flexibility index (Phi) is 5.21. The summed E-state index contributed by atoms with van der Waals surface area (Å²) in [6, 6.07) is 0. The van der Waals surface area contributed by atoms with Gasteiger partial charge in [-0.1, -0.05) is 5.92 Å². The molecule has 1 fully saturated rings. The normalized spacial score (nSPS) is 23.8. The van der Waals surface area contributed by atoms with Gasteiger partial charge in [0.05, 0.1) is 4.87 Å². The summed E-state index contributed by atoms with van der Waals surface area (Å²) in [5.41, 5.74) is 0. The average Bonchev–Trinajstić information content (AvgIpc) is 2.40. The molecule has 1 aliphatic heterocycles. The topological polar surface area (TPSA) is 29.5 Å². The number of thiocarbonyl (C=S) groups is 1. The molecule has 6 heteroatoms. The van der Waals surface area contributed by atoms with Gasteiger partial charge in [0.15, 0.2) is 0 Å². The zero-order valence-corrected chi connectivity index (χ0v) is 14.3. The molecule has 0 N–H and O–H groups in total. The second-order valence-electron chi connectivity index (χ2n) is 5.25. The van der Waals surface area contributed by atoms with Crippen LogP contribution in [0.3, 0.4) is 0 Å². The maximum atomic E-state index is 11.9. The van der Waals surface area contributed by atoms with Crippen LogP contribution in [0, 0.1) is 12.3 Å². The Morgan fingerprint density at radius 1 is 1.53 bits per heavy atom. The van der Waals surface area contributed by atoms with E-state index in [0.717, 1.165) is 0 Å². The zero-order valence-electron chi connectivity index (χ0n) is 11.9. The molecule has 3 nitrogen and oxygen atoms in total. The van der Waals surface area contributed by atoms with E-state index >= 15 is 0 Å². The van der Waals surface area contributed by atoms with E-state index in [-0.39, 0.29) is 27.5 Å². The van der Waals surface area contributed by atoms with E-state index in [1.54, 1.807) is 18.7 Å². The van der Waals surface area contributed by atoms with Crippen LogP contribution >= 0.6 is 35.7 Å². The number of thioether (sulfide) groups is 2. The van der Waals surface area contributed by atoms with Crippen LogP contribution in [0.4, 0.5) is 0 Å². The first kappa shape index (κ1) is 16.7. The number of terminal acetylenes is 1. The highest BCUT2D eigenvalue weighted by molar-refractivity contribution is 8.23. The Morgan fingerprint density at radius 3 is 2.58 bits per heavy atom. The number of carbonyl (C=O) groups is 1. The minimum Gasteiger partial charge on any atom is -0.465 e. The van der Waals surface area contributed by atoms with E-state index in [1.165, 1.54) is 11.8 Å². The lowest BCUT2D eigenvalue weighted by Gasteiger charge is -2.34. The Labute approximate surface area is 129 Å². The first-order valence-corrected chi connectivity index (χ1v) is 7.99. The molecular formula is C13H19NO2S3. The molecule has 1 amide bonds. The van der Waals surface area contributed by atoms with Crippen molar-refractivity contribution < 1.29 is 9.53 Å². The molecule has 1 atom stereocenters. The van der Waals surface area contributed by atoms with E-state index in [2.05, 4.69) is 19.8 Å². The molecule has 0 aromatic carbocycles. The van der Waals surface area contributed by atoms with Crippen LogP contribution in [-0.4, -0.2) is 36.8 Å². The van der Waals surface area contributed by atoms with Gasteiger partial charge in [-0.2, -0.15) is 0 Å². The van der Waals surface area contributed by atoms with Gasteiger partial charge in [0.25, 0.3) is 0 Å². The third kappa shape index (κ3) is 3.80. The number of carbonyl (C=O) groups excluding carboxylic acids is 1. The van der Waals surface area contributed by atoms with Crippen LogP contribution in [0.1, 0.15) is 34.6 Å². The predicted molar refractivity (Wildman–Crippen MR) is 87.0 cm³/mol. The fourth-order valence-electron chi connectivity index (χ4n) is 2.30. The van der Waals surface area contributed by atoms with Crippen LogP contribution in [0.25, 0.3) is 0 Å². The summed E-state index contributed by atoms with van der Waals surface area (Å²) in [5, 5.41) is -0.0599.